The van der Waals surface area contributed by atoms with Crippen LogP contribution in [0, 0.1) is 0 Å². The highest BCUT2D eigenvalue weighted by Gasteiger charge is 1.96. The Balaban J connectivity index is 3.59. The highest BCUT2D eigenvalue weighted by atomic mass is 32.2. The molecule has 0 fully saturated rings. The van der Waals surface area contributed by atoms with Gasteiger partial charge in [-0.05, 0) is 6.08 Å². The first-order chi connectivity index (χ1) is 4.95. The molecule has 0 saturated carbocycles. The standard InChI is InChI=1S/C5H9NO4S/c1-2-5(7)6-3-4-11(8,9)10/h2H,1,3-4H2,(H,6,7)(H,8,9,10)/p-1. The molecule has 0 aliphatic rings. The summed E-state index contributed by atoms with van der Waals surface area (Å²) >= 11 is 0. The summed E-state index contributed by atoms with van der Waals surface area (Å²) in [7, 11) is -4.23. The van der Waals surface area contributed by atoms with Crippen LogP contribution < -0.4 is 5.32 Å². The smallest absolute Gasteiger partial charge is 0.243 e. The largest absolute Gasteiger partial charge is 0.748 e. The first-order valence-corrected chi connectivity index (χ1v) is 4.37. The van der Waals surface area contributed by atoms with Gasteiger partial charge >= 0.3 is 0 Å². The maximum absolute atomic E-state index is 10.4. The predicted octanol–water partition coefficient (Wildman–Crippen LogP) is -1.17. The third-order valence-corrected chi connectivity index (χ3v) is 1.54. The van der Waals surface area contributed by atoms with E-state index in [4.69, 9.17) is 0 Å². The molecule has 0 aromatic rings. The number of hydrogen-bond acceptors (Lipinski definition) is 4. The Labute approximate surface area is 64.8 Å². The minimum atomic E-state index is -4.23. The molecular weight excluding hydrogens is 170 g/mol. The van der Waals surface area contributed by atoms with E-state index in [1.807, 2.05) is 0 Å². The molecule has 1 N–H and O–H groups in total. The van der Waals surface area contributed by atoms with Crippen molar-refractivity contribution in [1.29, 1.82) is 0 Å². The zero-order valence-corrected chi connectivity index (χ0v) is 6.56. The Hall–Kier alpha value is -0.880. The van der Waals surface area contributed by atoms with E-state index in [9.17, 15) is 17.8 Å². The Kier molecular flexibility index (Phi) is 3.77. The van der Waals surface area contributed by atoms with E-state index in [1.165, 1.54) is 0 Å². The van der Waals surface area contributed by atoms with Gasteiger partial charge < -0.3 is 9.87 Å². The zero-order chi connectivity index (χ0) is 8.91. The summed E-state index contributed by atoms with van der Waals surface area (Å²) in [6, 6.07) is 0. The van der Waals surface area contributed by atoms with E-state index < -0.39 is 21.8 Å². The highest BCUT2D eigenvalue weighted by molar-refractivity contribution is 7.85. The number of carbonyl (C=O) groups is 1. The van der Waals surface area contributed by atoms with Crippen LogP contribution in [0.3, 0.4) is 0 Å². The van der Waals surface area contributed by atoms with Crippen LogP contribution in [0.5, 0.6) is 0 Å². The summed E-state index contributed by atoms with van der Waals surface area (Å²) in [5.41, 5.74) is 0. The summed E-state index contributed by atoms with van der Waals surface area (Å²) < 4.78 is 29.9. The van der Waals surface area contributed by atoms with Gasteiger partial charge in [-0.15, -0.1) is 0 Å². The van der Waals surface area contributed by atoms with Crippen molar-refractivity contribution in [3.05, 3.63) is 12.7 Å². The molecule has 11 heavy (non-hydrogen) atoms. The Bertz CT molecular complexity index is 243. The van der Waals surface area contributed by atoms with Gasteiger partial charge in [0, 0.05) is 6.54 Å². The van der Waals surface area contributed by atoms with Crippen molar-refractivity contribution in [3.8, 4) is 0 Å². The second-order valence-electron chi connectivity index (χ2n) is 1.76. The summed E-state index contributed by atoms with van der Waals surface area (Å²) in [5.74, 6) is -1.08. The molecular formula is C5H8NO4S-. The molecule has 64 valence electrons. The van der Waals surface area contributed by atoms with Crippen LogP contribution in [0.1, 0.15) is 0 Å². The third-order valence-electron chi connectivity index (χ3n) is 0.837. The Morgan fingerprint density at radius 1 is 1.64 bits per heavy atom. The lowest BCUT2D eigenvalue weighted by Gasteiger charge is -2.05. The highest BCUT2D eigenvalue weighted by Crippen LogP contribution is 1.78. The molecule has 6 heteroatoms. The number of nitrogens with one attached hydrogen (secondary N) is 1. The fraction of sp³-hybridized carbons (Fsp3) is 0.400. The van der Waals surface area contributed by atoms with Crippen molar-refractivity contribution in [2.45, 2.75) is 0 Å². The summed E-state index contributed by atoms with van der Waals surface area (Å²) in [5, 5.41) is 2.15. The quantitative estimate of drug-likeness (QED) is 0.434. The Morgan fingerprint density at radius 3 is 2.55 bits per heavy atom. The molecule has 0 aromatic heterocycles. The topological polar surface area (TPSA) is 86.3 Å². The van der Waals surface area contributed by atoms with Gasteiger partial charge in [0.2, 0.25) is 5.91 Å². The van der Waals surface area contributed by atoms with Gasteiger partial charge in [0.1, 0.15) is 0 Å². The zero-order valence-electron chi connectivity index (χ0n) is 5.74. The number of amides is 1. The summed E-state index contributed by atoms with van der Waals surface area (Å²) in [4.78, 5) is 10.4. The van der Waals surface area contributed by atoms with Crippen LogP contribution in [0.15, 0.2) is 12.7 Å². The fourth-order valence-electron chi connectivity index (χ4n) is 0.371. The Morgan fingerprint density at radius 2 is 2.18 bits per heavy atom. The summed E-state index contributed by atoms with van der Waals surface area (Å²) in [6.07, 6.45) is 0.997. The van der Waals surface area contributed by atoms with E-state index in [-0.39, 0.29) is 6.54 Å². The molecule has 0 spiro atoms. The average Bonchev–Trinajstić information content (AvgIpc) is 1.85. The second kappa shape index (κ2) is 4.09. The van der Waals surface area contributed by atoms with E-state index >= 15 is 0 Å². The van der Waals surface area contributed by atoms with E-state index in [0.717, 1.165) is 6.08 Å². The monoisotopic (exact) mass is 178 g/mol. The van der Waals surface area contributed by atoms with Crippen molar-refractivity contribution < 1.29 is 17.8 Å². The molecule has 0 atom stereocenters. The fourth-order valence-corrected chi connectivity index (χ4v) is 0.723. The van der Waals surface area contributed by atoms with Crippen molar-refractivity contribution >= 4 is 16.0 Å². The van der Waals surface area contributed by atoms with Gasteiger partial charge in [-0.25, -0.2) is 8.42 Å². The second-order valence-corrected chi connectivity index (χ2v) is 3.28. The molecule has 0 heterocycles. The minimum Gasteiger partial charge on any atom is -0.748 e. The molecule has 0 saturated heterocycles. The molecule has 5 nitrogen and oxygen atoms in total. The van der Waals surface area contributed by atoms with E-state index in [2.05, 4.69) is 11.9 Å². The van der Waals surface area contributed by atoms with Crippen molar-refractivity contribution in [3.63, 3.8) is 0 Å². The number of rotatable bonds is 4. The number of hydrogen-bond donors (Lipinski definition) is 1. The predicted molar refractivity (Wildman–Crippen MR) is 37.8 cm³/mol. The van der Waals surface area contributed by atoms with Gasteiger partial charge in [0.25, 0.3) is 0 Å². The van der Waals surface area contributed by atoms with Gasteiger partial charge in [-0.2, -0.15) is 0 Å². The van der Waals surface area contributed by atoms with Crippen LogP contribution in [0.25, 0.3) is 0 Å². The molecule has 0 aliphatic carbocycles. The molecule has 0 rings (SSSR count). The maximum atomic E-state index is 10.4. The van der Waals surface area contributed by atoms with Crippen molar-refractivity contribution in [1.82, 2.24) is 5.32 Å². The minimum absolute atomic E-state index is 0.170. The van der Waals surface area contributed by atoms with Crippen LogP contribution >= 0.6 is 0 Å². The molecule has 0 aromatic carbocycles. The average molecular weight is 178 g/mol. The lowest BCUT2D eigenvalue weighted by molar-refractivity contribution is -0.116. The molecule has 0 unspecified atom stereocenters. The van der Waals surface area contributed by atoms with Gasteiger partial charge in [-0.1, -0.05) is 6.58 Å². The maximum Gasteiger partial charge on any atom is 0.243 e. The number of carbonyl (C=O) groups excluding carboxylic acids is 1. The molecule has 0 bridgehead atoms. The molecule has 1 amide bonds. The van der Waals surface area contributed by atoms with Crippen LogP contribution in [0.4, 0.5) is 0 Å². The first-order valence-electron chi connectivity index (χ1n) is 2.79. The van der Waals surface area contributed by atoms with Crippen molar-refractivity contribution in [2.75, 3.05) is 12.3 Å². The SMILES string of the molecule is C=CC(=O)NCCS(=O)(=O)[O-]. The molecule has 0 aliphatic heterocycles. The normalized spacial score (nSPS) is 10.6. The lowest BCUT2D eigenvalue weighted by Crippen LogP contribution is -2.27. The first kappa shape index (κ1) is 10.1. The summed E-state index contributed by atoms with van der Waals surface area (Å²) in [6.45, 7) is 2.97. The molecule has 0 radical (unpaired) electrons. The third kappa shape index (κ3) is 7.01. The van der Waals surface area contributed by atoms with Crippen LogP contribution in [-0.4, -0.2) is 31.2 Å². The van der Waals surface area contributed by atoms with Crippen molar-refractivity contribution in [2.24, 2.45) is 0 Å². The van der Waals surface area contributed by atoms with Gasteiger partial charge in [0.05, 0.1) is 15.9 Å². The van der Waals surface area contributed by atoms with Gasteiger partial charge in [0.15, 0.2) is 0 Å². The van der Waals surface area contributed by atoms with E-state index in [0.29, 0.717) is 0 Å². The van der Waals surface area contributed by atoms with Crippen LogP contribution in [-0.2, 0) is 14.9 Å². The van der Waals surface area contributed by atoms with Crippen LogP contribution in [0.2, 0.25) is 0 Å². The van der Waals surface area contributed by atoms with Gasteiger partial charge in [-0.3, -0.25) is 4.79 Å². The van der Waals surface area contributed by atoms with E-state index in [1.54, 1.807) is 0 Å². The lowest BCUT2D eigenvalue weighted by atomic mass is 10.6.